The summed E-state index contributed by atoms with van der Waals surface area (Å²) in [6, 6.07) is 13.6. The van der Waals surface area contributed by atoms with Gasteiger partial charge in [0.25, 0.3) is 5.91 Å². The Hall–Kier alpha value is -3.38. The Morgan fingerprint density at radius 3 is 2.42 bits per heavy atom. The smallest absolute Gasteiger partial charge is 0.274 e. The van der Waals surface area contributed by atoms with E-state index < -0.39 is 5.60 Å². The first kappa shape index (κ1) is 22.3. The molecule has 0 saturated carbocycles. The van der Waals surface area contributed by atoms with Gasteiger partial charge in [-0.3, -0.25) is 4.79 Å². The largest absolute Gasteiger partial charge is 0.386 e. The summed E-state index contributed by atoms with van der Waals surface area (Å²) in [4.78, 5) is 12.7. The molecule has 162 valence electrons. The summed E-state index contributed by atoms with van der Waals surface area (Å²) in [5.41, 5.74) is 5.61. The number of nitrogens with zero attached hydrogens (tertiary/aromatic N) is 2. The number of hydrogen-bond donors (Lipinski definition) is 3. The van der Waals surface area contributed by atoms with Crippen LogP contribution in [0.1, 0.15) is 43.0 Å². The summed E-state index contributed by atoms with van der Waals surface area (Å²) in [7, 11) is 0. The number of aliphatic hydroxyl groups is 1. The second-order valence-corrected chi connectivity index (χ2v) is 8.37. The van der Waals surface area contributed by atoms with Gasteiger partial charge < -0.3 is 15.7 Å². The maximum atomic E-state index is 12.7. The van der Waals surface area contributed by atoms with Crippen molar-refractivity contribution in [3.05, 3.63) is 88.9 Å². The topological polar surface area (TPSA) is 77.0 Å². The van der Waals surface area contributed by atoms with Gasteiger partial charge in [-0.05, 0) is 69.0 Å². The van der Waals surface area contributed by atoms with Crippen LogP contribution in [0.4, 0.5) is 5.69 Å². The zero-order chi connectivity index (χ0) is 22.8. The van der Waals surface area contributed by atoms with Crippen molar-refractivity contribution in [3.63, 3.8) is 0 Å². The first-order chi connectivity index (χ1) is 14.5. The molecular formula is C25H30N4O2. The number of rotatable bonds is 6. The van der Waals surface area contributed by atoms with Crippen LogP contribution in [0.15, 0.2) is 71.7 Å². The monoisotopic (exact) mass is 418 g/mol. The molecule has 0 bridgehead atoms. The van der Waals surface area contributed by atoms with Crippen LogP contribution < -0.4 is 10.6 Å². The lowest BCUT2D eigenvalue weighted by Crippen LogP contribution is -2.38. The summed E-state index contributed by atoms with van der Waals surface area (Å²) in [5.74, 6) is 0.143. The number of hydrogen-bond acceptors (Lipinski definition) is 5. The van der Waals surface area contributed by atoms with Crippen molar-refractivity contribution in [1.29, 1.82) is 0 Å². The third-order valence-corrected chi connectivity index (χ3v) is 5.32. The first-order valence-electron chi connectivity index (χ1n) is 10.2. The van der Waals surface area contributed by atoms with Crippen LogP contribution in [0.2, 0.25) is 0 Å². The number of carbonyl (C=O) groups excluding carboxylic acids is 1. The predicted molar refractivity (Wildman–Crippen MR) is 126 cm³/mol. The van der Waals surface area contributed by atoms with Crippen molar-refractivity contribution < 1.29 is 9.90 Å². The van der Waals surface area contributed by atoms with E-state index in [0.29, 0.717) is 18.1 Å². The fourth-order valence-electron chi connectivity index (χ4n) is 3.20. The minimum absolute atomic E-state index is 0.256. The number of aryl methyl sites for hydroxylation is 2. The minimum atomic E-state index is -0.906. The molecule has 2 aromatic carbocycles. The van der Waals surface area contributed by atoms with E-state index in [1.807, 2.05) is 37.3 Å². The summed E-state index contributed by atoms with van der Waals surface area (Å²) in [5, 5.41) is 22.3. The van der Waals surface area contributed by atoms with Crippen LogP contribution in [0.5, 0.6) is 0 Å². The van der Waals surface area contributed by atoms with Crippen LogP contribution in [0, 0.1) is 13.8 Å². The average molecular weight is 419 g/mol. The summed E-state index contributed by atoms with van der Waals surface area (Å²) >= 11 is 0. The normalized spacial score (nSPS) is 15.0. The molecule has 6 nitrogen and oxygen atoms in total. The molecule has 0 aliphatic carbocycles. The number of hydrazone groups is 1. The lowest BCUT2D eigenvalue weighted by Gasteiger charge is -2.26. The molecule has 6 heteroatoms. The molecule has 1 aliphatic rings. The third-order valence-electron chi connectivity index (χ3n) is 5.32. The molecule has 0 unspecified atom stereocenters. The highest BCUT2D eigenvalue weighted by molar-refractivity contribution is 6.00. The van der Waals surface area contributed by atoms with Gasteiger partial charge in [-0.2, -0.15) is 10.1 Å². The zero-order valence-corrected chi connectivity index (χ0v) is 18.8. The van der Waals surface area contributed by atoms with Crippen molar-refractivity contribution in [3.8, 4) is 0 Å². The molecular weight excluding hydrogens is 388 g/mol. The van der Waals surface area contributed by atoms with Gasteiger partial charge in [0.1, 0.15) is 5.82 Å². The lowest BCUT2D eigenvalue weighted by molar-refractivity contribution is -0.125. The molecule has 0 fully saturated rings. The van der Waals surface area contributed by atoms with E-state index in [0.717, 1.165) is 22.5 Å². The molecule has 0 saturated heterocycles. The molecule has 1 heterocycles. The van der Waals surface area contributed by atoms with E-state index in [-0.39, 0.29) is 5.91 Å². The van der Waals surface area contributed by atoms with Crippen molar-refractivity contribution in [2.45, 2.75) is 40.2 Å². The quantitative estimate of drug-likeness (QED) is 0.616. The van der Waals surface area contributed by atoms with Crippen molar-refractivity contribution in [1.82, 2.24) is 10.3 Å². The number of nitrogens with one attached hydrogen (secondary N) is 2. The molecule has 0 aromatic heterocycles. The van der Waals surface area contributed by atoms with Gasteiger partial charge in [0.2, 0.25) is 0 Å². The van der Waals surface area contributed by atoms with E-state index in [2.05, 4.69) is 48.3 Å². The molecule has 1 aliphatic heterocycles. The molecule has 0 radical (unpaired) electrons. The SMILES string of the molecule is C=C1NC(CNc2ccc(C)c(C)c2)=CC(=O)N1/N=C(\C)c1ccc(C(C)(C)O)cc1. The van der Waals surface area contributed by atoms with Gasteiger partial charge in [-0.1, -0.05) is 36.9 Å². The predicted octanol–water partition coefficient (Wildman–Crippen LogP) is 4.15. The maximum Gasteiger partial charge on any atom is 0.274 e. The minimum Gasteiger partial charge on any atom is -0.386 e. The second-order valence-electron chi connectivity index (χ2n) is 8.37. The van der Waals surface area contributed by atoms with Crippen molar-refractivity contribution in [2.24, 2.45) is 5.10 Å². The Labute approximate surface area is 184 Å². The fraction of sp³-hybridized carbons (Fsp3) is 0.280. The highest BCUT2D eigenvalue weighted by atomic mass is 16.3. The van der Waals surface area contributed by atoms with E-state index in [9.17, 15) is 9.90 Å². The molecule has 1 amide bonds. The highest BCUT2D eigenvalue weighted by Crippen LogP contribution is 2.21. The molecule has 0 atom stereocenters. The second kappa shape index (κ2) is 8.78. The Bertz CT molecular complexity index is 1060. The zero-order valence-electron chi connectivity index (χ0n) is 18.8. The average Bonchev–Trinajstić information content (AvgIpc) is 2.71. The number of anilines is 1. The van der Waals surface area contributed by atoms with E-state index in [1.165, 1.54) is 22.2 Å². The lowest BCUT2D eigenvalue weighted by atomic mass is 9.97. The maximum absolute atomic E-state index is 12.7. The number of benzene rings is 2. The van der Waals surface area contributed by atoms with E-state index in [4.69, 9.17) is 0 Å². The molecule has 3 rings (SSSR count). The number of carbonyl (C=O) groups is 1. The molecule has 0 spiro atoms. The Morgan fingerprint density at radius 2 is 1.84 bits per heavy atom. The fourth-order valence-corrected chi connectivity index (χ4v) is 3.20. The van der Waals surface area contributed by atoms with Gasteiger partial charge in [-0.15, -0.1) is 0 Å². The third kappa shape index (κ3) is 5.41. The molecule has 2 aromatic rings. The van der Waals surface area contributed by atoms with Gasteiger partial charge in [0.15, 0.2) is 0 Å². The summed E-state index contributed by atoms with van der Waals surface area (Å²) in [6.45, 7) is 13.9. The van der Waals surface area contributed by atoms with Crippen molar-refractivity contribution >= 4 is 17.3 Å². The van der Waals surface area contributed by atoms with Gasteiger partial charge >= 0.3 is 0 Å². The van der Waals surface area contributed by atoms with E-state index in [1.54, 1.807) is 13.8 Å². The van der Waals surface area contributed by atoms with Crippen LogP contribution in [0.3, 0.4) is 0 Å². The first-order valence-corrected chi connectivity index (χ1v) is 10.2. The Balaban J connectivity index is 1.69. The van der Waals surface area contributed by atoms with E-state index >= 15 is 0 Å². The summed E-state index contributed by atoms with van der Waals surface area (Å²) < 4.78 is 0. The Morgan fingerprint density at radius 1 is 1.16 bits per heavy atom. The van der Waals surface area contributed by atoms with Crippen LogP contribution in [-0.2, 0) is 10.4 Å². The highest BCUT2D eigenvalue weighted by Gasteiger charge is 2.22. The molecule has 3 N–H and O–H groups in total. The van der Waals surface area contributed by atoms with Gasteiger partial charge in [0, 0.05) is 17.5 Å². The number of amides is 1. The van der Waals surface area contributed by atoms with Crippen LogP contribution in [0.25, 0.3) is 0 Å². The van der Waals surface area contributed by atoms with Crippen LogP contribution >= 0.6 is 0 Å². The Kier molecular flexibility index (Phi) is 6.32. The van der Waals surface area contributed by atoms with Crippen LogP contribution in [-0.4, -0.2) is 28.3 Å². The van der Waals surface area contributed by atoms with Crippen molar-refractivity contribution in [2.75, 3.05) is 11.9 Å². The summed E-state index contributed by atoms with van der Waals surface area (Å²) in [6.07, 6.45) is 1.52. The standard InChI is InChI=1S/C25H30N4O2/c1-16-7-12-22(13-17(16)2)26-15-23-14-24(30)29(19(4)27-23)28-18(3)20-8-10-21(11-9-20)25(5,6)31/h7-14,26-27,31H,4,15H2,1-3,5-6H3/b28-18+. The molecule has 31 heavy (non-hydrogen) atoms. The van der Waals surface area contributed by atoms with Gasteiger partial charge in [0.05, 0.1) is 17.9 Å². The van der Waals surface area contributed by atoms with Gasteiger partial charge in [-0.25, -0.2) is 0 Å².